The van der Waals surface area contributed by atoms with E-state index >= 15 is 0 Å². The highest BCUT2D eigenvalue weighted by molar-refractivity contribution is 5.81. The van der Waals surface area contributed by atoms with Crippen LogP contribution in [0.4, 0.5) is 10.1 Å². The number of benzene rings is 3. The lowest BCUT2D eigenvalue weighted by Crippen LogP contribution is -1.83. The second kappa shape index (κ2) is 6.16. The zero-order valence-electron chi connectivity index (χ0n) is 13.5. The Morgan fingerprint density at radius 1 is 0.962 bits per heavy atom. The van der Waals surface area contributed by atoms with Gasteiger partial charge in [-0.3, -0.25) is 0 Å². The molecule has 0 aliphatic carbocycles. The zero-order chi connectivity index (χ0) is 18.1. The van der Waals surface area contributed by atoms with E-state index in [-0.39, 0.29) is 5.69 Å². The van der Waals surface area contributed by atoms with Gasteiger partial charge in [-0.05, 0) is 35.4 Å². The van der Waals surface area contributed by atoms with E-state index in [4.69, 9.17) is 11.8 Å². The number of aromatic nitrogens is 2. The molecule has 5 heteroatoms. The van der Waals surface area contributed by atoms with Crippen LogP contribution in [0.2, 0.25) is 0 Å². The number of H-pyrrole nitrogens is 1. The largest absolute Gasteiger partial charge is 0.338 e. The van der Waals surface area contributed by atoms with E-state index in [1.165, 1.54) is 12.1 Å². The van der Waals surface area contributed by atoms with Crippen molar-refractivity contribution < 1.29 is 4.39 Å². The van der Waals surface area contributed by atoms with Crippen LogP contribution in [0.15, 0.2) is 60.7 Å². The highest BCUT2D eigenvalue weighted by Gasteiger charge is 2.08. The van der Waals surface area contributed by atoms with Crippen LogP contribution in [0.3, 0.4) is 0 Å². The summed E-state index contributed by atoms with van der Waals surface area (Å²) in [5.74, 6) is 0.184. The number of fused-ring (bicyclic) bond motifs is 1. The third kappa shape index (κ3) is 2.68. The SMILES string of the molecule is [C-]#[N+]c1ccc(-c2ccc(-c3nc4ccc(C#N)cc4[nH]3)cc2)cc1F. The van der Waals surface area contributed by atoms with Crippen LogP contribution in [0.1, 0.15) is 5.56 Å². The highest BCUT2D eigenvalue weighted by atomic mass is 19.1. The Balaban J connectivity index is 1.69. The average Bonchev–Trinajstić information content (AvgIpc) is 3.11. The van der Waals surface area contributed by atoms with Crippen molar-refractivity contribution in [2.75, 3.05) is 0 Å². The molecule has 4 rings (SSSR count). The summed E-state index contributed by atoms with van der Waals surface area (Å²) in [6.45, 7) is 6.91. The maximum absolute atomic E-state index is 13.8. The average molecular weight is 338 g/mol. The van der Waals surface area contributed by atoms with Gasteiger partial charge in [0, 0.05) is 5.56 Å². The first-order valence-corrected chi connectivity index (χ1v) is 7.85. The van der Waals surface area contributed by atoms with E-state index in [1.54, 1.807) is 18.2 Å². The summed E-state index contributed by atoms with van der Waals surface area (Å²) >= 11 is 0. The second-order valence-corrected chi connectivity index (χ2v) is 5.78. The molecule has 0 atom stereocenters. The summed E-state index contributed by atoms with van der Waals surface area (Å²) < 4.78 is 13.8. The number of hydrogen-bond acceptors (Lipinski definition) is 2. The molecule has 1 heterocycles. The number of hydrogen-bond donors (Lipinski definition) is 1. The van der Waals surface area contributed by atoms with Gasteiger partial charge in [-0.1, -0.05) is 36.4 Å². The Bertz CT molecular complexity index is 1210. The Morgan fingerprint density at radius 2 is 1.69 bits per heavy atom. The number of imidazole rings is 1. The van der Waals surface area contributed by atoms with E-state index in [0.29, 0.717) is 17.0 Å². The minimum Gasteiger partial charge on any atom is -0.338 e. The molecule has 1 aromatic heterocycles. The summed E-state index contributed by atoms with van der Waals surface area (Å²) in [6.07, 6.45) is 0. The molecule has 0 bridgehead atoms. The molecule has 0 fully saturated rings. The predicted octanol–water partition coefficient (Wildman–Crippen LogP) is 5.46. The first kappa shape index (κ1) is 15.6. The van der Waals surface area contributed by atoms with Crippen LogP contribution in [0.5, 0.6) is 0 Å². The lowest BCUT2D eigenvalue weighted by Gasteiger charge is -2.04. The van der Waals surface area contributed by atoms with Gasteiger partial charge in [0.1, 0.15) is 11.6 Å². The minimum absolute atomic E-state index is 0.0179. The van der Waals surface area contributed by atoms with E-state index in [1.807, 2.05) is 30.3 Å². The predicted molar refractivity (Wildman–Crippen MR) is 97.9 cm³/mol. The van der Waals surface area contributed by atoms with Crippen molar-refractivity contribution in [1.29, 1.82) is 5.26 Å². The van der Waals surface area contributed by atoms with Crippen LogP contribution >= 0.6 is 0 Å². The Morgan fingerprint density at radius 3 is 2.38 bits per heavy atom. The molecule has 0 saturated heterocycles. The summed E-state index contributed by atoms with van der Waals surface area (Å²) in [7, 11) is 0. The normalized spacial score (nSPS) is 10.4. The maximum atomic E-state index is 13.8. The van der Waals surface area contributed by atoms with Crippen LogP contribution in [-0.4, -0.2) is 9.97 Å². The fourth-order valence-electron chi connectivity index (χ4n) is 2.81. The first-order chi connectivity index (χ1) is 12.7. The number of nitriles is 1. The Hall–Kier alpha value is -3.96. The van der Waals surface area contributed by atoms with Crippen molar-refractivity contribution in [3.05, 3.63) is 83.5 Å². The van der Waals surface area contributed by atoms with Crippen LogP contribution in [0, 0.1) is 23.7 Å². The fourth-order valence-corrected chi connectivity index (χ4v) is 2.81. The van der Waals surface area contributed by atoms with Gasteiger partial charge >= 0.3 is 0 Å². The third-order valence-corrected chi connectivity index (χ3v) is 4.17. The van der Waals surface area contributed by atoms with Crippen LogP contribution in [0.25, 0.3) is 38.4 Å². The standard InChI is InChI=1S/C21H11FN4/c1-24-18-9-7-16(11-17(18)22)14-3-5-15(6-4-14)21-25-19-8-2-13(12-23)10-20(19)26-21/h2-11H,(H,25,26). The van der Waals surface area contributed by atoms with Crippen LogP contribution in [-0.2, 0) is 0 Å². The third-order valence-electron chi connectivity index (χ3n) is 4.17. The van der Waals surface area contributed by atoms with E-state index < -0.39 is 5.82 Å². The molecule has 0 aliphatic rings. The van der Waals surface area contributed by atoms with E-state index in [2.05, 4.69) is 20.9 Å². The van der Waals surface area contributed by atoms with Gasteiger partial charge in [-0.2, -0.15) is 5.26 Å². The Labute approximate surface area is 149 Å². The van der Waals surface area contributed by atoms with Gasteiger partial charge in [0.25, 0.3) is 0 Å². The Kier molecular flexibility index (Phi) is 3.69. The maximum Gasteiger partial charge on any atom is 0.222 e. The molecule has 0 radical (unpaired) electrons. The van der Waals surface area contributed by atoms with Gasteiger partial charge in [-0.25, -0.2) is 14.2 Å². The molecular formula is C21H11FN4. The molecule has 3 aromatic carbocycles. The molecule has 4 nitrogen and oxygen atoms in total. The van der Waals surface area contributed by atoms with Crippen molar-refractivity contribution in [2.24, 2.45) is 0 Å². The zero-order valence-corrected chi connectivity index (χ0v) is 13.5. The van der Waals surface area contributed by atoms with Gasteiger partial charge in [0.15, 0.2) is 0 Å². The van der Waals surface area contributed by atoms with Gasteiger partial charge in [-0.15, -0.1) is 0 Å². The molecule has 0 spiro atoms. The quantitative estimate of drug-likeness (QED) is 0.494. The molecule has 0 saturated carbocycles. The van der Waals surface area contributed by atoms with Crippen molar-refractivity contribution in [3.63, 3.8) is 0 Å². The molecule has 0 aliphatic heterocycles. The summed E-state index contributed by atoms with van der Waals surface area (Å²) in [6, 6.07) is 19.6. The number of nitrogens with one attached hydrogen (secondary N) is 1. The second-order valence-electron chi connectivity index (χ2n) is 5.78. The lowest BCUT2D eigenvalue weighted by atomic mass is 10.0. The topological polar surface area (TPSA) is 56.8 Å². The van der Waals surface area contributed by atoms with Crippen molar-refractivity contribution in [2.45, 2.75) is 0 Å². The van der Waals surface area contributed by atoms with Crippen molar-refractivity contribution in [1.82, 2.24) is 9.97 Å². The summed E-state index contributed by atoms with van der Waals surface area (Å²) in [5, 5.41) is 8.98. The monoisotopic (exact) mass is 338 g/mol. The molecule has 1 N–H and O–H groups in total. The van der Waals surface area contributed by atoms with E-state index in [0.717, 1.165) is 22.2 Å². The molecular weight excluding hydrogens is 327 g/mol. The minimum atomic E-state index is -0.521. The lowest BCUT2D eigenvalue weighted by molar-refractivity contribution is 0.634. The number of halogens is 1. The number of rotatable bonds is 2. The van der Waals surface area contributed by atoms with E-state index in [9.17, 15) is 4.39 Å². The fraction of sp³-hybridized carbons (Fsp3) is 0. The molecule has 0 unspecified atom stereocenters. The molecule has 0 amide bonds. The first-order valence-electron chi connectivity index (χ1n) is 7.85. The smallest absolute Gasteiger partial charge is 0.222 e. The molecule has 26 heavy (non-hydrogen) atoms. The molecule has 122 valence electrons. The van der Waals surface area contributed by atoms with Gasteiger partial charge in [0.2, 0.25) is 5.69 Å². The van der Waals surface area contributed by atoms with Gasteiger partial charge < -0.3 is 4.98 Å². The van der Waals surface area contributed by atoms with Crippen molar-refractivity contribution >= 4 is 16.7 Å². The van der Waals surface area contributed by atoms with Crippen molar-refractivity contribution in [3.8, 4) is 28.6 Å². The summed E-state index contributed by atoms with van der Waals surface area (Å²) in [4.78, 5) is 10.9. The highest BCUT2D eigenvalue weighted by Crippen LogP contribution is 2.28. The number of nitrogens with zero attached hydrogens (tertiary/aromatic N) is 3. The van der Waals surface area contributed by atoms with Crippen LogP contribution < -0.4 is 0 Å². The number of aromatic amines is 1. The van der Waals surface area contributed by atoms with Gasteiger partial charge in [0.05, 0.1) is 29.2 Å². The summed E-state index contributed by atoms with van der Waals surface area (Å²) in [5.41, 5.74) is 4.65. The molecule has 4 aromatic rings.